The number of sulfone groups is 1. The molecule has 1 amide bonds. The molecule has 3 aromatic carbocycles. The number of nitrogens with zero attached hydrogens (tertiary/aromatic N) is 1. The molecule has 3 aromatic rings. The number of carbonyl (C=O) groups is 1. The molecule has 0 aliphatic heterocycles. The van der Waals surface area contributed by atoms with E-state index in [0.717, 1.165) is 16.7 Å². The Hall–Kier alpha value is -2.96. The zero-order valence-corrected chi connectivity index (χ0v) is 18.7. The van der Waals surface area contributed by atoms with Crippen LogP contribution >= 0.6 is 0 Å². The van der Waals surface area contributed by atoms with E-state index in [1.54, 1.807) is 36.2 Å². The van der Waals surface area contributed by atoms with Gasteiger partial charge in [-0.3, -0.25) is 4.79 Å². The van der Waals surface area contributed by atoms with Gasteiger partial charge >= 0.3 is 0 Å². The van der Waals surface area contributed by atoms with Crippen molar-refractivity contribution >= 4 is 15.7 Å². The van der Waals surface area contributed by atoms with Gasteiger partial charge in [0.15, 0.2) is 9.84 Å². The normalized spacial score (nSPS) is 12.5. The molecule has 6 heteroatoms. The van der Waals surface area contributed by atoms with Gasteiger partial charge in [0.2, 0.25) is 5.91 Å². The summed E-state index contributed by atoms with van der Waals surface area (Å²) in [6.07, 6.45) is 0.831. The zero-order valence-electron chi connectivity index (χ0n) is 17.9. The van der Waals surface area contributed by atoms with Gasteiger partial charge < -0.3 is 9.64 Å². The van der Waals surface area contributed by atoms with Crippen LogP contribution in [0.15, 0.2) is 89.8 Å². The first kappa shape index (κ1) is 22.7. The molecule has 1 unspecified atom stereocenters. The summed E-state index contributed by atoms with van der Waals surface area (Å²) in [7, 11) is -1.53. The molecule has 1 atom stereocenters. The van der Waals surface area contributed by atoms with Gasteiger partial charge in [-0.15, -0.1) is 0 Å². The van der Waals surface area contributed by atoms with Crippen LogP contribution in [0.1, 0.15) is 35.8 Å². The summed E-state index contributed by atoms with van der Waals surface area (Å²) in [5, 5.41) is 0. The first-order valence-electron chi connectivity index (χ1n) is 10.0. The molecule has 0 spiro atoms. The SMILES string of the molecule is CC(c1ccc(S(C)(=O)=O)cc1)N(C)C(=O)COC(c1ccccc1)c1ccccc1. The summed E-state index contributed by atoms with van der Waals surface area (Å²) in [6, 6.07) is 26.0. The minimum absolute atomic E-state index is 0.0727. The summed E-state index contributed by atoms with van der Waals surface area (Å²) in [4.78, 5) is 14.7. The van der Waals surface area contributed by atoms with Crippen LogP contribution in [-0.2, 0) is 19.4 Å². The van der Waals surface area contributed by atoms with Gasteiger partial charge in [-0.2, -0.15) is 0 Å². The fraction of sp³-hybridized carbons (Fsp3) is 0.240. The Morgan fingerprint density at radius 2 is 1.32 bits per heavy atom. The van der Waals surface area contributed by atoms with Gasteiger partial charge in [-0.1, -0.05) is 72.8 Å². The third-order valence-electron chi connectivity index (χ3n) is 5.34. The molecule has 0 fully saturated rings. The number of benzene rings is 3. The fourth-order valence-corrected chi connectivity index (χ4v) is 3.96. The van der Waals surface area contributed by atoms with Crippen molar-refractivity contribution in [3.8, 4) is 0 Å². The third-order valence-corrected chi connectivity index (χ3v) is 6.47. The van der Waals surface area contributed by atoms with Gasteiger partial charge in [-0.05, 0) is 35.7 Å². The second kappa shape index (κ2) is 9.90. The van der Waals surface area contributed by atoms with Gasteiger partial charge in [0, 0.05) is 13.3 Å². The lowest BCUT2D eigenvalue weighted by atomic mass is 10.0. The van der Waals surface area contributed by atoms with Crippen molar-refractivity contribution in [2.45, 2.75) is 24.0 Å². The van der Waals surface area contributed by atoms with Crippen LogP contribution in [0.2, 0.25) is 0 Å². The summed E-state index contributed by atoms with van der Waals surface area (Å²) in [5.74, 6) is -0.156. The smallest absolute Gasteiger partial charge is 0.248 e. The maximum Gasteiger partial charge on any atom is 0.248 e. The molecule has 0 saturated carbocycles. The predicted octanol–water partition coefficient (Wildman–Crippen LogP) is 4.42. The van der Waals surface area contributed by atoms with Crippen LogP contribution in [0.3, 0.4) is 0 Å². The van der Waals surface area contributed by atoms with E-state index in [4.69, 9.17) is 4.74 Å². The van der Waals surface area contributed by atoms with Crippen molar-refractivity contribution < 1.29 is 17.9 Å². The van der Waals surface area contributed by atoms with Gasteiger partial charge in [0.05, 0.1) is 10.9 Å². The van der Waals surface area contributed by atoms with Crippen LogP contribution < -0.4 is 0 Å². The number of likely N-dealkylation sites (N-methyl/N-ethyl adjacent to an activating group) is 1. The highest BCUT2D eigenvalue weighted by molar-refractivity contribution is 7.90. The number of carbonyl (C=O) groups excluding carboxylic acids is 1. The number of hydrogen-bond acceptors (Lipinski definition) is 4. The number of rotatable bonds is 8. The summed E-state index contributed by atoms with van der Waals surface area (Å²) in [6.45, 7) is 1.83. The molecule has 0 aliphatic carbocycles. The summed E-state index contributed by atoms with van der Waals surface area (Å²) < 4.78 is 29.4. The first-order valence-corrected chi connectivity index (χ1v) is 11.9. The van der Waals surface area contributed by atoms with Crippen molar-refractivity contribution in [1.29, 1.82) is 0 Å². The Labute approximate surface area is 184 Å². The quantitative estimate of drug-likeness (QED) is 0.523. The number of hydrogen-bond donors (Lipinski definition) is 0. The molecule has 0 heterocycles. The number of amides is 1. The van der Waals surface area contributed by atoms with E-state index >= 15 is 0 Å². The second-order valence-corrected chi connectivity index (χ2v) is 9.55. The third kappa shape index (κ3) is 5.81. The van der Waals surface area contributed by atoms with E-state index in [1.165, 1.54) is 6.26 Å². The number of ether oxygens (including phenoxy) is 1. The van der Waals surface area contributed by atoms with E-state index in [2.05, 4.69) is 0 Å². The molecule has 31 heavy (non-hydrogen) atoms. The Balaban J connectivity index is 1.70. The lowest BCUT2D eigenvalue weighted by Gasteiger charge is -2.27. The van der Waals surface area contributed by atoms with Crippen molar-refractivity contribution in [3.63, 3.8) is 0 Å². The molecule has 0 N–H and O–H groups in total. The maximum atomic E-state index is 12.9. The monoisotopic (exact) mass is 437 g/mol. The Morgan fingerprint density at radius 1 is 0.839 bits per heavy atom. The van der Waals surface area contributed by atoms with Crippen LogP contribution in [0, 0.1) is 0 Å². The molecule has 5 nitrogen and oxygen atoms in total. The maximum absolute atomic E-state index is 12.9. The average Bonchev–Trinajstić information content (AvgIpc) is 2.79. The average molecular weight is 438 g/mol. The molecule has 0 bridgehead atoms. The minimum atomic E-state index is -3.25. The Morgan fingerprint density at radius 3 is 1.77 bits per heavy atom. The van der Waals surface area contributed by atoms with Crippen LogP contribution in [0.4, 0.5) is 0 Å². The van der Waals surface area contributed by atoms with E-state index < -0.39 is 9.84 Å². The topological polar surface area (TPSA) is 63.7 Å². The first-order chi connectivity index (χ1) is 14.8. The molecular formula is C25H27NO4S. The predicted molar refractivity (Wildman–Crippen MR) is 121 cm³/mol. The van der Waals surface area contributed by atoms with E-state index in [0.29, 0.717) is 0 Å². The van der Waals surface area contributed by atoms with Crippen molar-refractivity contribution in [2.75, 3.05) is 19.9 Å². The highest BCUT2D eigenvalue weighted by Gasteiger charge is 2.21. The fourth-order valence-electron chi connectivity index (χ4n) is 3.33. The Kier molecular flexibility index (Phi) is 7.25. The van der Waals surface area contributed by atoms with Gasteiger partial charge in [0.1, 0.15) is 12.7 Å². The molecule has 162 valence electrons. The van der Waals surface area contributed by atoms with Crippen molar-refractivity contribution in [2.24, 2.45) is 0 Å². The lowest BCUT2D eigenvalue weighted by molar-refractivity contribution is -0.138. The summed E-state index contributed by atoms with van der Waals surface area (Å²) >= 11 is 0. The lowest BCUT2D eigenvalue weighted by Crippen LogP contribution is -2.33. The van der Waals surface area contributed by atoms with Gasteiger partial charge in [0.25, 0.3) is 0 Å². The molecular weight excluding hydrogens is 410 g/mol. The van der Waals surface area contributed by atoms with E-state index in [-0.39, 0.29) is 29.6 Å². The second-order valence-electron chi connectivity index (χ2n) is 7.53. The van der Waals surface area contributed by atoms with E-state index in [1.807, 2.05) is 67.6 Å². The van der Waals surface area contributed by atoms with Crippen LogP contribution in [-0.4, -0.2) is 39.1 Å². The zero-order chi connectivity index (χ0) is 22.4. The molecule has 0 aromatic heterocycles. The standard InChI is InChI=1S/C25H27NO4S/c1-19(20-14-16-23(17-15-20)31(3,28)29)26(2)24(27)18-30-25(21-10-6-4-7-11-21)22-12-8-5-9-13-22/h4-17,19,25H,18H2,1-3H3. The molecule has 0 saturated heterocycles. The molecule has 0 aliphatic rings. The molecule has 3 rings (SSSR count). The minimum Gasteiger partial charge on any atom is -0.359 e. The van der Waals surface area contributed by atoms with Crippen molar-refractivity contribution in [1.82, 2.24) is 4.90 Å². The Bertz CT molecular complexity index is 1060. The van der Waals surface area contributed by atoms with Crippen LogP contribution in [0.25, 0.3) is 0 Å². The highest BCUT2D eigenvalue weighted by Crippen LogP contribution is 2.26. The van der Waals surface area contributed by atoms with Crippen LogP contribution in [0.5, 0.6) is 0 Å². The molecule has 0 radical (unpaired) electrons. The summed E-state index contributed by atoms with van der Waals surface area (Å²) in [5.41, 5.74) is 2.81. The van der Waals surface area contributed by atoms with Crippen molar-refractivity contribution in [3.05, 3.63) is 102 Å². The van der Waals surface area contributed by atoms with Gasteiger partial charge in [-0.25, -0.2) is 8.42 Å². The largest absolute Gasteiger partial charge is 0.359 e. The highest BCUT2D eigenvalue weighted by atomic mass is 32.2. The van der Waals surface area contributed by atoms with E-state index in [9.17, 15) is 13.2 Å².